The highest BCUT2D eigenvalue weighted by Gasteiger charge is 2.27. The second-order valence-electron chi connectivity index (χ2n) is 7.78. The van der Waals surface area contributed by atoms with Crippen molar-refractivity contribution in [3.05, 3.63) is 59.9 Å². The number of pyridine rings is 1. The topological polar surface area (TPSA) is 65.5 Å². The molecule has 2 aromatic rings. The molecule has 30 heavy (non-hydrogen) atoms. The van der Waals surface area contributed by atoms with Crippen LogP contribution in [0.15, 0.2) is 48.7 Å². The molecule has 0 spiro atoms. The number of anilines is 1. The summed E-state index contributed by atoms with van der Waals surface area (Å²) in [5.41, 5.74) is 2.44. The Labute approximate surface area is 184 Å². The first-order valence-electron chi connectivity index (χ1n) is 10.5. The van der Waals surface area contributed by atoms with Crippen LogP contribution in [-0.2, 0) is 11.3 Å². The average molecular weight is 429 g/mol. The minimum atomic E-state index is 0. The number of benzene rings is 1. The van der Waals surface area contributed by atoms with E-state index in [9.17, 15) is 9.59 Å². The molecule has 4 rings (SSSR count). The first-order valence-corrected chi connectivity index (χ1v) is 10.5. The van der Waals surface area contributed by atoms with Gasteiger partial charge < -0.3 is 15.1 Å². The molecule has 2 amide bonds. The van der Waals surface area contributed by atoms with Crippen LogP contribution in [0.3, 0.4) is 0 Å². The van der Waals surface area contributed by atoms with Gasteiger partial charge in [0.05, 0.1) is 12.2 Å². The number of amides is 2. The highest BCUT2D eigenvalue weighted by Crippen LogP contribution is 2.24. The lowest BCUT2D eigenvalue weighted by atomic mass is 10.0. The monoisotopic (exact) mass is 428 g/mol. The summed E-state index contributed by atoms with van der Waals surface area (Å²) in [5, 5.41) is 3.43. The Morgan fingerprint density at radius 1 is 1.10 bits per heavy atom. The van der Waals surface area contributed by atoms with Gasteiger partial charge in [-0.05, 0) is 75.2 Å². The highest BCUT2D eigenvalue weighted by molar-refractivity contribution is 5.97. The van der Waals surface area contributed by atoms with Crippen molar-refractivity contribution in [1.29, 1.82) is 0 Å². The largest absolute Gasteiger partial charge is 0.330 e. The maximum Gasteiger partial charge on any atom is 0.254 e. The van der Waals surface area contributed by atoms with E-state index in [0.717, 1.165) is 56.7 Å². The first kappa shape index (κ1) is 22.2. The van der Waals surface area contributed by atoms with Gasteiger partial charge in [-0.15, -0.1) is 12.4 Å². The smallest absolute Gasteiger partial charge is 0.254 e. The van der Waals surface area contributed by atoms with Crippen LogP contribution in [0.25, 0.3) is 0 Å². The molecule has 2 saturated heterocycles. The molecule has 6 nitrogen and oxygen atoms in total. The van der Waals surface area contributed by atoms with Gasteiger partial charge in [0.1, 0.15) is 0 Å². The number of hydrogen-bond donors (Lipinski definition) is 1. The quantitative estimate of drug-likeness (QED) is 0.792. The van der Waals surface area contributed by atoms with Gasteiger partial charge in [0.2, 0.25) is 5.91 Å². The van der Waals surface area contributed by atoms with E-state index in [0.29, 0.717) is 18.5 Å². The molecule has 2 aliphatic rings. The predicted octanol–water partition coefficient (Wildman–Crippen LogP) is 3.41. The number of nitrogens with zero attached hydrogens (tertiary/aromatic N) is 3. The molecule has 160 valence electrons. The van der Waals surface area contributed by atoms with Crippen LogP contribution in [0.1, 0.15) is 48.2 Å². The van der Waals surface area contributed by atoms with Crippen LogP contribution < -0.4 is 10.2 Å². The molecule has 3 heterocycles. The third-order valence-electron chi connectivity index (χ3n) is 5.80. The molecule has 1 aromatic heterocycles. The van der Waals surface area contributed by atoms with E-state index in [2.05, 4.69) is 10.3 Å². The zero-order valence-corrected chi connectivity index (χ0v) is 17.9. The van der Waals surface area contributed by atoms with Crippen LogP contribution in [0.5, 0.6) is 0 Å². The Kier molecular flexibility index (Phi) is 7.82. The molecule has 1 unspecified atom stereocenters. The van der Waals surface area contributed by atoms with Crippen LogP contribution in [0.2, 0.25) is 0 Å². The fourth-order valence-corrected chi connectivity index (χ4v) is 4.22. The van der Waals surface area contributed by atoms with Crippen molar-refractivity contribution in [3.63, 3.8) is 0 Å². The number of rotatable bonds is 5. The number of nitrogens with one attached hydrogen (secondary N) is 1. The van der Waals surface area contributed by atoms with Crippen LogP contribution in [0.4, 0.5) is 5.69 Å². The van der Waals surface area contributed by atoms with E-state index in [1.807, 2.05) is 47.4 Å². The minimum Gasteiger partial charge on any atom is -0.330 e. The van der Waals surface area contributed by atoms with Crippen molar-refractivity contribution in [2.45, 2.75) is 44.7 Å². The Morgan fingerprint density at radius 3 is 2.63 bits per heavy atom. The van der Waals surface area contributed by atoms with Crippen molar-refractivity contribution >= 4 is 29.9 Å². The second kappa shape index (κ2) is 10.5. The third-order valence-corrected chi connectivity index (χ3v) is 5.80. The summed E-state index contributed by atoms with van der Waals surface area (Å²) < 4.78 is 0. The predicted molar refractivity (Wildman–Crippen MR) is 120 cm³/mol. The second-order valence-corrected chi connectivity index (χ2v) is 7.78. The maximum absolute atomic E-state index is 13.5. The zero-order valence-electron chi connectivity index (χ0n) is 17.1. The zero-order chi connectivity index (χ0) is 20.1. The van der Waals surface area contributed by atoms with Crippen LogP contribution in [0, 0.1) is 0 Å². The molecule has 0 aliphatic carbocycles. The van der Waals surface area contributed by atoms with Crippen molar-refractivity contribution in [2.75, 3.05) is 24.5 Å². The summed E-state index contributed by atoms with van der Waals surface area (Å²) >= 11 is 0. The van der Waals surface area contributed by atoms with Crippen molar-refractivity contribution in [3.8, 4) is 0 Å². The summed E-state index contributed by atoms with van der Waals surface area (Å²) in [6.45, 7) is 3.19. The fourth-order valence-electron chi connectivity index (χ4n) is 4.22. The van der Waals surface area contributed by atoms with Gasteiger partial charge in [-0.1, -0.05) is 6.07 Å². The summed E-state index contributed by atoms with van der Waals surface area (Å²) in [6.07, 6.45) is 6.27. The standard InChI is InChI=1S/C23H28N4O2.ClH/c28-22-7-4-16-26(22)21-10-8-18(9-11-21)23(29)27(17-19-5-1-2-14-25-19)20-6-3-13-24-15-12-20;/h1-2,5,8-11,14,20,24H,3-4,6-7,12-13,15-17H2;1H. The number of carbonyl (C=O) groups is 2. The molecular weight excluding hydrogens is 400 g/mol. The normalized spacial score (nSPS) is 19.1. The van der Waals surface area contributed by atoms with Gasteiger partial charge >= 0.3 is 0 Å². The Balaban J connectivity index is 0.00000256. The Morgan fingerprint density at radius 2 is 1.93 bits per heavy atom. The van der Waals surface area contributed by atoms with Gasteiger partial charge in [0, 0.05) is 36.5 Å². The van der Waals surface area contributed by atoms with E-state index >= 15 is 0 Å². The maximum atomic E-state index is 13.5. The van der Waals surface area contributed by atoms with E-state index in [-0.39, 0.29) is 30.3 Å². The fraction of sp³-hybridized carbons (Fsp3) is 0.435. The summed E-state index contributed by atoms with van der Waals surface area (Å²) in [6, 6.07) is 13.5. The lowest BCUT2D eigenvalue weighted by molar-refractivity contribution is -0.117. The lowest BCUT2D eigenvalue weighted by Gasteiger charge is -2.31. The van der Waals surface area contributed by atoms with Crippen molar-refractivity contribution < 1.29 is 9.59 Å². The molecule has 0 radical (unpaired) electrons. The van der Waals surface area contributed by atoms with Gasteiger partial charge in [-0.2, -0.15) is 0 Å². The Hall–Kier alpha value is -2.44. The molecule has 1 N–H and O–H groups in total. The molecular formula is C23H29ClN4O2. The third kappa shape index (κ3) is 5.18. The lowest BCUT2D eigenvalue weighted by Crippen LogP contribution is -2.40. The molecule has 7 heteroatoms. The van der Waals surface area contributed by atoms with Crippen molar-refractivity contribution in [2.24, 2.45) is 0 Å². The van der Waals surface area contributed by atoms with E-state index in [4.69, 9.17) is 0 Å². The summed E-state index contributed by atoms with van der Waals surface area (Å²) in [5.74, 6) is 0.189. The number of halogens is 1. The molecule has 0 bridgehead atoms. The van der Waals surface area contributed by atoms with Crippen LogP contribution >= 0.6 is 12.4 Å². The minimum absolute atomic E-state index is 0. The number of aromatic nitrogens is 1. The summed E-state index contributed by atoms with van der Waals surface area (Å²) in [7, 11) is 0. The number of carbonyl (C=O) groups excluding carboxylic acids is 2. The molecule has 0 saturated carbocycles. The molecule has 1 aromatic carbocycles. The molecule has 1 atom stereocenters. The average Bonchev–Trinajstić information content (AvgIpc) is 3.01. The van der Waals surface area contributed by atoms with Crippen molar-refractivity contribution in [1.82, 2.24) is 15.2 Å². The SMILES string of the molecule is Cl.O=C1CCCN1c1ccc(C(=O)N(Cc2ccccn2)C2CCCNCC2)cc1. The van der Waals surface area contributed by atoms with Crippen LogP contribution in [-0.4, -0.2) is 47.4 Å². The summed E-state index contributed by atoms with van der Waals surface area (Å²) in [4.78, 5) is 33.7. The number of hydrogen-bond acceptors (Lipinski definition) is 4. The highest BCUT2D eigenvalue weighted by atomic mass is 35.5. The van der Waals surface area contributed by atoms with E-state index in [1.54, 1.807) is 11.1 Å². The van der Waals surface area contributed by atoms with Gasteiger partial charge in [-0.25, -0.2) is 0 Å². The van der Waals surface area contributed by atoms with E-state index < -0.39 is 0 Å². The van der Waals surface area contributed by atoms with Gasteiger partial charge in [0.25, 0.3) is 5.91 Å². The Bertz CT molecular complexity index is 836. The molecule has 2 aliphatic heterocycles. The van der Waals surface area contributed by atoms with E-state index in [1.165, 1.54) is 0 Å². The van der Waals surface area contributed by atoms with Gasteiger partial charge in [-0.3, -0.25) is 14.6 Å². The van der Waals surface area contributed by atoms with Gasteiger partial charge in [0.15, 0.2) is 0 Å². The first-order chi connectivity index (χ1) is 14.2. The molecule has 2 fully saturated rings.